The van der Waals surface area contributed by atoms with Gasteiger partial charge in [0, 0.05) is 5.92 Å². The average Bonchev–Trinajstić information content (AvgIpc) is 3.24. The molecule has 33 heavy (non-hydrogen) atoms. The zero-order chi connectivity index (χ0) is 23.8. The Balaban J connectivity index is 1.55. The summed E-state index contributed by atoms with van der Waals surface area (Å²) in [5.41, 5.74) is 2.29. The zero-order valence-electron chi connectivity index (χ0n) is 19.2. The van der Waals surface area contributed by atoms with Crippen molar-refractivity contribution in [3.05, 3.63) is 35.4 Å². The van der Waals surface area contributed by atoms with E-state index in [4.69, 9.17) is 0 Å². The van der Waals surface area contributed by atoms with Gasteiger partial charge in [0.15, 0.2) is 9.84 Å². The third-order valence-corrected chi connectivity index (χ3v) is 9.45. The number of rotatable bonds is 5. The van der Waals surface area contributed by atoms with E-state index < -0.39 is 33.2 Å². The van der Waals surface area contributed by atoms with E-state index in [1.165, 1.54) is 10.5 Å². The topological polar surface area (TPSA) is 113 Å². The fourth-order valence-electron chi connectivity index (χ4n) is 5.21. The van der Waals surface area contributed by atoms with Crippen molar-refractivity contribution in [1.29, 1.82) is 0 Å². The van der Waals surface area contributed by atoms with Crippen LogP contribution in [0, 0.1) is 5.92 Å². The molecule has 9 heteroatoms. The van der Waals surface area contributed by atoms with E-state index in [0.717, 1.165) is 24.8 Å². The van der Waals surface area contributed by atoms with Crippen LogP contribution in [0.4, 0.5) is 0 Å². The minimum Gasteiger partial charge on any atom is -0.347 e. The molecule has 8 nitrogen and oxygen atoms in total. The lowest BCUT2D eigenvalue weighted by Gasteiger charge is -2.32. The number of carbonyl (C=O) groups is 3. The van der Waals surface area contributed by atoms with Crippen molar-refractivity contribution < 1.29 is 22.8 Å². The van der Waals surface area contributed by atoms with E-state index in [1.54, 1.807) is 6.92 Å². The Bertz CT molecular complexity index is 1040. The normalized spacial score (nSPS) is 29.4. The number of aryl methyl sites for hydroxylation is 1. The molecule has 0 aromatic heterocycles. The number of hydrogen-bond acceptors (Lipinski definition) is 5. The molecular formula is C24H33N3O5S. The molecule has 0 bridgehead atoms. The summed E-state index contributed by atoms with van der Waals surface area (Å²) in [5, 5.41) is 4.81. The molecule has 0 spiro atoms. The first-order chi connectivity index (χ1) is 15.7. The van der Waals surface area contributed by atoms with Crippen LogP contribution in [0.2, 0.25) is 0 Å². The first-order valence-corrected chi connectivity index (χ1v) is 13.7. The standard InChI is InChI=1S/C24H33N3O5S/c1-3-15(2)22(28)26-19-13-14-33(31,32)21-12-11-20(27(21)24(19)30)23(29)25-18-10-6-8-16-7-4-5-9-17(16)18/h4-5,7,9,15,18-21H,3,6,8,10-14H2,1-2H3,(H,25,29)(H,26,28)/t15-,18-,19+,20-,21+/m1/s1. The molecule has 0 unspecified atom stereocenters. The maximum Gasteiger partial charge on any atom is 0.246 e. The van der Waals surface area contributed by atoms with Gasteiger partial charge in [-0.25, -0.2) is 8.42 Å². The van der Waals surface area contributed by atoms with Gasteiger partial charge in [-0.3, -0.25) is 14.4 Å². The summed E-state index contributed by atoms with van der Waals surface area (Å²) in [6, 6.07) is 6.07. The fraction of sp³-hybridized carbons (Fsp3) is 0.625. The summed E-state index contributed by atoms with van der Waals surface area (Å²) in [6.07, 6.45) is 3.90. The molecule has 2 N–H and O–H groups in total. The Morgan fingerprint density at radius 2 is 1.85 bits per heavy atom. The Labute approximate surface area is 195 Å². The summed E-state index contributed by atoms with van der Waals surface area (Å²) >= 11 is 0. The van der Waals surface area contributed by atoms with Crippen molar-refractivity contribution in [2.24, 2.45) is 5.92 Å². The second-order valence-corrected chi connectivity index (χ2v) is 11.7. The Kier molecular flexibility index (Phi) is 6.79. The van der Waals surface area contributed by atoms with Gasteiger partial charge in [-0.2, -0.15) is 0 Å². The molecule has 1 aromatic rings. The Morgan fingerprint density at radius 1 is 1.09 bits per heavy atom. The number of carbonyl (C=O) groups excluding carboxylic acids is 3. The minimum absolute atomic E-state index is 0.0285. The molecule has 1 aromatic carbocycles. The van der Waals surface area contributed by atoms with Gasteiger partial charge in [-0.05, 0) is 56.1 Å². The Morgan fingerprint density at radius 3 is 2.61 bits per heavy atom. The predicted octanol–water partition coefficient (Wildman–Crippen LogP) is 1.85. The Hall–Kier alpha value is -2.42. The monoisotopic (exact) mass is 475 g/mol. The van der Waals surface area contributed by atoms with E-state index in [9.17, 15) is 22.8 Å². The largest absolute Gasteiger partial charge is 0.347 e. The lowest BCUT2D eigenvalue weighted by atomic mass is 9.87. The maximum atomic E-state index is 13.4. The fourth-order valence-corrected chi connectivity index (χ4v) is 7.14. The molecule has 0 saturated carbocycles. The number of nitrogens with zero attached hydrogens (tertiary/aromatic N) is 1. The van der Waals surface area contributed by atoms with Gasteiger partial charge >= 0.3 is 0 Å². The third kappa shape index (κ3) is 4.65. The smallest absolute Gasteiger partial charge is 0.246 e. The van der Waals surface area contributed by atoms with E-state index in [1.807, 2.05) is 25.1 Å². The van der Waals surface area contributed by atoms with E-state index in [-0.39, 0.29) is 42.4 Å². The number of sulfone groups is 1. The van der Waals surface area contributed by atoms with Crippen molar-refractivity contribution in [3.8, 4) is 0 Å². The molecular weight excluding hydrogens is 442 g/mol. The number of hydrogen-bond donors (Lipinski definition) is 2. The van der Waals surface area contributed by atoms with Gasteiger partial charge in [-0.15, -0.1) is 0 Å². The average molecular weight is 476 g/mol. The van der Waals surface area contributed by atoms with Crippen LogP contribution >= 0.6 is 0 Å². The number of amides is 3. The quantitative estimate of drug-likeness (QED) is 0.675. The predicted molar refractivity (Wildman–Crippen MR) is 124 cm³/mol. The highest BCUT2D eigenvalue weighted by Crippen LogP contribution is 2.34. The van der Waals surface area contributed by atoms with Gasteiger partial charge in [0.05, 0.1) is 11.8 Å². The minimum atomic E-state index is -3.60. The first kappa shape index (κ1) is 23.7. The lowest BCUT2D eigenvalue weighted by molar-refractivity contribution is -0.142. The molecule has 2 heterocycles. The SMILES string of the molecule is CC[C@@H](C)C(=O)N[C@H]1CCS(=O)(=O)[C@H]2CC[C@H](C(=O)N[C@@H]3CCCc4ccccc43)N2C1=O. The molecule has 4 rings (SSSR count). The van der Waals surface area contributed by atoms with E-state index >= 15 is 0 Å². The summed E-state index contributed by atoms with van der Waals surface area (Å²) < 4.78 is 25.9. The van der Waals surface area contributed by atoms with Crippen LogP contribution in [0.1, 0.15) is 69.5 Å². The highest BCUT2D eigenvalue weighted by molar-refractivity contribution is 7.92. The molecule has 5 atom stereocenters. The molecule has 1 aliphatic carbocycles. The van der Waals surface area contributed by atoms with Gasteiger partial charge in [-0.1, -0.05) is 38.1 Å². The lowest BCUT2D eigenvalue weighted by Crippen LogP contribution is -2.56. The van der Waals surface area contributed by atoms with Gasteiger partial charge in [0.25, 0.3) is 0 Å². The van der Waals surface area contributed by atoms with E-state index in [0.29, 0.717) is 12.8 Å². The van der Waals surface area contributed by atoms with Crippen LogP contribution in [0.25, 0.3) is 0 Å². The summed E-state index contributed by atoms with van der Waals surface area (Å²) in [6.45, 7) is 3.65. The van der Waals surface area contributed by atoms with Crippen molar-refractivity contribution >= 4 is 27.6 Å². The first-order valence-electron chi connectivity index (χ1n) is 11.9. The second-order valence-electron chi connectivity index (χ2n) is 9.47. The van der Waals surface area contributed by atoms with Crippen molar-refractivity contribution in [2.75, 3.05) is 5.75 Å². The van der Waals surface area contributed by atoms with Crippen LogP contribution in [-0.4, -0.2) is 54.2 Å². The van der Waals surface area contributed by atoms with E-state index in [2.05, 4.69) is 16.7 Å². The van der Waals surface area contributed by atoms with Crippen LogP contribution in [-0.2, 0) is 30.6 Å². The van der Waals surface area contributed by atoms with Gasteiger partial charge in [0.1, 0.15) is 17.5 Å². The number of nitrogens with one attached hydrogen (secondary N) is 2. The maximum absolute atomic E-state index is 13.4. The summed E-state index contributed by atoms with van der Waals surface area (Å²) in [4.78, 5) is 40.5. The van der Waals surface area contributed by atoms with Crippen LogP contribution in [0.15, 0.2) is 24.3 Å². The van der Waals surface area contributed by atoms with Gasteiger partial charge in [0.2, 0.25) is 17.7 Å². The highest BCUT2D eigenvalue weighted by atomic mass is 32.2. The second kappa shape index (κ2) is 9.44. The van der Waals surface area contributed by atoms with Crippen molar-refractivity contribution in [1.82, 2.24) is 15.5 Å². The van der Waals surface area contributed by atoms with Crippen LogP contribution in [0.5, 0.6) is 0 Å². The zero-order valence-corrected chi connectivity index (χ0v) is 20.1. The molecule has 180 valence electrons. The number of benzene rings is 1. The molecule has 0 radical (unpaired) electrons. The summed E-state index contributed by atoms with van der Waals surface area (Å²) in [5.74, 6) is -1.53. The highest BCUT2D eigenvalue weighted by Gasteiger charge is 2.51. The van der Waals surface area contributed by atoms with Gasteiger partial charge < -0.3 is 15.5 Å². The molecule has 2 aliphatic heterocycles. The van der Waals surface area contributed by atoms with Crippen LogP contribution < -0.4 is 10.6 Å². The molecule has 3 aliphatic rings. The molecule has 3 amide bonds. The van der Waals surface area contributed by atoms with Crippen molar-refractivity contribution in [2.45, 2.75) is 82.3 Å². The molecule has 2 saturated heterocycles. The number of fused-ring (bicyclic) bond motifs is 2. The van der Waals surface area contributed by atoms with Crippen LogP contribution in [0.3, 0.4) is 0 Å². The third-order valence-electron chi connectivity index (χ3n) is 7.36. The van der Waals surface area contributed by atoms with Crippen molar-refractivity contribution in [3.63, 3.8) is 0 Å². The summed E-state index contributed by atoms with van der Waals surface area (Å²) in [7, 11) is -3.60. The molecule has 2 fully saturated rings.